The Morgan fingerprint density at radius 1 is 1.10 bits per heavy atom. The van der Waals surface area contributed by atoms with Gasteiger partial charge < -0.3 is 10.6 Å². The first-order chi connectivity index (χ1) is 10.2. The second-order valence-corrected chi connectivity index (χ2v) is 5.89. The molecule has 110 valence electrons. The van der Waals surface area contributed by atoms with E-state index in [2.05, 4.69) is 64.8 Å². The van der Waals surface area contributed by atoms with Crippen molar-refractivity contribution < 1.29 is 0 Å². The highest BCUT2D eigenvalue weighted by molar-refractivity contribution is 5.60. The van der Waals surface area contributed by atoms with Gasteiger partial charge in [0.2, 0.25) is 0 Å². The molecule has 2 atom stereocenters. The molecule has 1 fully saturated rings. The summed E-state index contributed by atoms with van der Waals surface area (Å²) in [4.78, 5) is 8.78. The van der Waals surface area contributed by atoms with Gasteiger partial charge in [0.25, 0.3) is 0 Å². The van der Waals surface area contributed by atoms with Crippen molar-refractivity contribution in [2.24, 2.45) is 0 Å². The second-order valence-electron chi connectivity index (χ2n) is 5.89. The first-order valence-electron chi connectivity index (χ1n) is 7.54. The molecule has 4 heteroatoms. The minimum absolute atomic E-state index is 0.380. The Hall–Kier alpha value is -2.10. The van der Waals surface area contributed by atoms with Crippen LogP contribution in [-0.4, -0.2) is 23.1 Å². The number of hydrogen-bond donors (Lipinski definition) is 2. The van der Waals surface area contributed by atoms with Crippen LogP contribution in [0.4, 0.5) is 11.6 Å². The summed E-state index contributed by atoms with van der Waals surface area (Å²) in [6, 6.07) is 11.2. The maximum absolute atomic E-state index is 4.45. The minimum atomic E-state index is 0.380. The highest BCUT2D eigenvalue weighted by Gasteiger charge is 2.39. The van der Waals surface area contributed by atoms with Crippen molar-refractivity contribution >= 4 is 11.6 Å². The van der Waals surface area contributed by atoms with Gasteiger partial charge in [-0.1, -0.05) is 44.2 Å². The minimum Gasteiger partial charge on any atom is -0.373 e. The molecule has 0 amide bonds. The molecule has 2 unspecified atom stereocenters. The maximum atomic E-state index is 4.45. The number of aromatic nitrogens is 2. The van der Waals surface area contributed by atoms with E-state index in [0.29, 0.717) is 17.9 Å². The summed E-state index contributed by atoms with van der Waals surface area (Å²) in [5, 5.41) is 6.76. The van der Waals surface area contributed by atoms with Crippen LogP contribution >= 0.6 is 0 Å². The lowest BCUT2D eigenvalue weighted by Gasteiger charge is -2.16. The Bertz CT molecular complexity index is 609. The van der Waals surface area contributed by atoms with Crippen molar-refractivity contribution in [2.75, 3.05) is 17.7 Å². The van der Waals surface area contributed by atoms with Gasteiger partial charge in [0.1, 0.15) is 18.0 Å². The molecule has 1 saturated carbocycles. The lowest BCUT2D eigenvalue weighted by molar-refractivity contribution is 0.845. The average Bonchev–Trinajstić information content (AvgIpc) is 3.26. The monoisotopic (exact) mass is 282 g/mol. The number of nitrogens with one attached hydrogen (secondary N) is 2. The Labute approximate surface area is 126 Å². The zero-order valence-electron chi connectivity index (χ0n) is 12.8. The van der Waals surface area contributed by atoms with E-state index in [9.17, 15) is 0 Å². The Kier molecular flexibility index (Phi) is 3.78. The third-order valence-electron chi connectivity index (χ3n) is 4.04. The van der Waals surface area contributed by atoms with E-state index in [0.717, 1.165) is 11.6 Å². The van der Waals surface area contributed by atoms with Crippen molar-refractivity contribution in [3.05, 3.63) is 47.8 Å². The molecule has 0 bridgehead atoms. The number of anilines is 2. The van der Waals surface area contributed by atoms with Gasteiger partial charge in [-0.2, -0.15) is 0 Å². The van der Waals surface area contributed by atoms with E-state index < -0.39 is 0 Å². The lowest BCUT2D eigenvalue weighted by Crippen LogP contribution is -2.12. The maximum Gasteiger partial charge on any atom is 0.135 e. The summed E-state index contributed by atoms with van der Waals surface area (Å²) in [6.45, 7) is 4.35. The van der Waals surface area contributed by atoms with Gasteiger partial charge in [-0.3, -0.25) is 0 Å². The van der Waals surface area contributed by atoms with Crippen molar-refractivity contribution in [3.63, 3.8) is 0 Å². The van der Waals surface area contributed by atoms with E-state index >= 15 is 0 Å². The van der Waals surface area contributed by atoms with E-state index in [1.54, 1.807) is 6.33 Å². The fourth-order valence-electron chi connectivity index (χ4n) is 2.86. The van der Waals surface area contributed by atoms with Gasteiger partial charge in [0.05, 0.1) is 0 Å². The summed E-state index contributed by atoms with van der Waals surface area (Å²) in [7, 11) is 1.90. The van der Waals surface area contributed by atoms with Crippen LogP contribution in [0.15, 0.2) is 36.7 Å². The standard InChI is InChI=1S/C17H22N4/c1-11(2)15-16(18-3)19-10-20-17(15)21-14-9-13(14)12-7-5-4-6-8-12/h4-8,10-11,13-14H,9H2,1-3H3,(H2,18,19,20,21). The SMILES string of the molecule is CNc1ncnc(NC2CC2c2ccccc2)c1C(C)C. The zero-order chi connectivity index (χ0) is 14.8. The number of benzene rings is 1. The Morgan fingerprint density at radius 3 is 2.48 bits per heavy atom. The van der Waals surface area contributed by atoms with Gasteiger partial charge in [0, 0.05) is 24.6 Å². The summed E-state index contributed by atoms with van der Waals surface area (Å²) >= 11 is 0. The average molecular weight is 282 g/mol. The van der Waals surface area contributed by atoms with Crippen molar-refractivity contribution in [3.8, 4) is 0 Å². The molecule has 3 rings (SSSR count). The fraction of sp³-hybridized carbons (Fsp3) is 0.412. The van der Waals surface area contributed by atoms with Crippen LogP contribution in [0.1, 0.15) is 43.2 Å². The normalized spacial score (nSPS) is 20.4. The highest BCUT2D eigenvalue weighted by Crippen LogP contribution is 2.43. The summed E-state index contributed by atoms with van der Waals surface area (Å²) in [6.07, 6.45) is 2.79. The van der Waals surface area contributed by atoms with Gasteiger partial charge >= 0.3 is 0 Å². The van der Waals surface area contributed by atoms with E-state index in [1.807, 2.05) is 7.05 Å². The van der Waals surface area contributed by atoms with Gasteiger partial charge in [-0.05, 0) is 17.9 Å². The van der Waals surface area contributed by atoms with Gasteiger partial charge in [0.15, 0.2) is 0 Å². The highest BCUT2D eigenvalue weighted by atomic mass is 15.1. The van der Waals surface area contributed by atoms with Crippen LogP contribution in [0.2, 0.25) is 0 Å². The van der Waals surface area contributed by atoms with Gasteiger partial charge in [-0.25, -0.2) is 9.97 Å². The van der Waals surface area contributed by atoms with E-state index in [-0.39, 0.29) is 0 Å². The molecule has 0 radical (unpaired) electrons. The van der Waals surface area contributed by atoms with Gasteiger partial charge in [-0.15, -0.1) is 0 Å². The summed E-state index contributed by atoms with van der Waals surface area (Å²) in [5.41, 5.74) is 2.57. The molecule has 4 nitrogen and oxygen atoms in total. The van der Waals surface area contributed by atoms with Crippen LogP contribution in [0.5, 0.6) is 0 Å². The van der Waals surface area contributed by atoms with Crippen LogP contribution in [0.25, 0.3) is 0 Å². The smallest absolute Gasteiger partial charge is 0.135 e. The van der Waals surface area contributed by atoms with E-state index in [1.165, 1.54) is 17.5 Å². The molecule has 0 saturated heterocycles. The Morgan fingerprint density at radius 2 is 1.81 bits per heavy atom. The summed E-state index contributed by atoms with van der Waals surface area (Å²) < 4.78 is 0. The molecular formula is C17H22N4. The topological polar surface area (TPSA) is 49.8 Å². The first-order valence-corrected chi connectivity index (χ1v) is 7.54. The molecule has 0 spiro atoms. The molecular weight excluding hydrogens is 260 g/mol. The third-order valence-corrected chi connectivity index (χ3v) is 4.04. The largest absolute Gasteiger partial charge is 0.373 e. The molecule has 2 N–H and O–H groups in total. The van der Waals surface area contributed by atoms with Crippen LogP contribution in [0.3, 0.4) is 0 Å². The number of rotatable bonds is 5. The number of nitrogens with zero attached hydrogens (tertiary/aromatic N) is 2. The quantitative estimate of drug-likeness (QED) is 0.879. The molecule has 2 aromatic rings. The van der Waals surface area contributed by atoms with Crippen molar-refractivity contribution in [2.45, 2.75) is 38.1 Å². The molecule has 1 aliphatic carbocycles. The predicted molar refractivity (Wildman–Crippen MR) is 86.9 cm³/mol. The first kappa shape index (κ1) is 13.9. The second kappa shape index (κ2) is 5.72. The Balaban J connectivity index is 1.78. The fourth-order valence-corrected chi connectivity index (χ4v) is 2.86. The third kappa shape index (κ3) is 2.84. The van der Waals surface area contributed by atoms with Crippen LogP contribution in [-0.2, 0) is 0 Å². The van der Waals surface area contributed by atoms with Crippen molar-refractivity contribution in [1.29, 1.82) is 0 Å². The molecule has 1 heterocycles. The lowest BCUT2D eigenvalue weighted by atomic mass is 10.0. The molecule has 1 aromatic heterocycles. The number of hydrogen-bond acceptors (Lipinski definition) is 4. The molecule has 21 heavy (non-hydrogen) atoms. The molecule has 1 aromatic carbocycles. The van der Waals surface area contributed by atoms with Crippen LogP contribution < -0.4 is 10.6 Å². The zero-order valence-corrected chi connectivity index (χ0v) is 12.8. The van der Waals surface area contributed by atoms with Crippen LogP contribution in [0, 0.1) is 0 Å². The van der Waals surface area contributed by atoms with Crippen molar-refractivity contribution in [1.82, 2.24) is 9.97 Å². The van der Waals surface area contributed by atoms with E-state index in [4.69, 9.17) is 0 Å². The molecule has 0 aliphatic heterocycles. The predicted octanol–water partition coefficient (Wildman–Crippen LogP) is 3.61. The summed E-state index contributed by atoms with van der Waals surface area (Å²) in [5.74, 6) is 2.86. The molecule has 1 aliphatic rings.